The molecule has 1 aliphatic rings. The van der Waals surface area contributed by atoms with Gasteiger partial charge in [-0.1, -0.05) is 20.3 Å². The summed E-state index contributed by atoms with van der Waals surface area (Å²) in [6.45, 7) is 9.50. The molecule has 1 atom stereocenters. The SMILES string of the molecule is CCCCNC1CCCN(CC)C1. The fraction of sp³-hybridized carbons (Fsp3) is 1.00. The fourth-order valence-corrected chi connectivity index (χ4v) is 1.99. The van der Waals surface area contributed by atoms with Gasteiger partial charge in [0.05, 0.1) is 0 Å². The van der Waals surface area contributed by atoms with Gasteiger partial charge in [-0.2, -0.15) is 0 Å². The van der Waals surface area contributed by atoms with Crippen molar-refractivity contribution < 1.29 is 0 Å². The number of rotatable bonds is 5. The van der Waals surface area contributed by atoms with Gasteiger partial charge in [0, 0.05) is 12.6 Å². The maximum atomic E-state index is 3.65. The minimum absolute atomic E-state index is 0.764. The van der Waals surface area contributed by atoms with Crippen molar-refractivity contribution in [3.63, 3.8) is 0 Å². The largest absolute Gasteiger partial charge is 0.313 e. The van der Waals surface area contributed by atoms with E-state index < -0.39 is 0 Å². The summed E-state index contributed by atoms with van der Waals surface area (Å²) >= 11 is 0. The molecule has 1 unspecified atom stereocenters. The van der Waals surface area contributed by atoms with E-state index in [0.29, 0.717) is 0 Å². The zero-order valence-corrected chi connectivity index (χ0v) is 9.18. The summed E-state index contributed by atoms with van der Waals surface area (Å²) in [4.78, 5) is 2.55. The topological polar surface area (TPSA) is 15.3 Å². The van der Waals surface area contributed by atoms with Crippen molar-refractivity contribution in [2.75, 3.05) is 26.2 Å². The van der Waals surface area contributed by atoms with Crippen LogP contribution in [0.4, 0.5) is 0 Å². The lowest BCUT2D eigenvalue weighted by Gasteiger charge is -2.32. The van der Waals surface area contributed by atoms with Crippen molar-refractivity contribution in [1.82, 2.24) is 10.2 Å². The smallest absolute Gasteiger partial charge is 0.0195 e. The predicted octanol–water partition coefficient (Wildman–Crippen LogP) is 1.86. The summed E-state index contributed by atoms with van der Waals surface area (Å²) in [5.41, 5.74) is 0. The summed E-state index contributed by atoms with van der Waals surface area (Å²) < 4.78 is 0. The van der Waals surface area contributed by atoms with Crippen LogP contribution in [-0.2, 0) is 0 Å². The lowest BCUT2D eigenvalue weighted by atomic mass is 10.1. The molecule has 0 bridgehead atoms. The van der Waals surface area contributed by atoms with Crippen LogP contribution in [0.25, 0.3) is 0 Å². The minimum Gasteiger partial charge on any atom is -0.313 e. The molecule has 1 saturated heterocycles. The number of likely N-dealkylation sites (tertiary alicyclic amines) is 1. The molecule has 13 heavy (non-hydrogen) atoms. The van der Waals surface area contributed by atoms with Gasteiger partial charge in [-0.25, -0.2) is 0 Å². The number of piperidine rings is 1. The third-order valence-electron chi connectivity index (χ3n) is 2.92. The Morgan fingerprint density at radius 1 is 1.38 bits per heavy atom. The van der Waals surface area contributed by atoms with E-state index >= 15 is 0 Å². The molecular weight excluding hydrogens is 160 g/mol. The Morgan fingerprint density at radius 2 is 2.23 bits per heavy atom. The second kappa shape index (κ2) is 6.39. The molecule has 1 fully saturated rings. The summed E-state index contributed by atoms with van der Waals surface area (Å²) in [6.07, 6.45) is 5.37. The molecule has 2 heteroatoms. The summed E-state index contributed by atoms with van der Waals surface area (Å²) in [5, 5.41) is 3.65. The highest BCUT2D eigenvalue weighted by atomic mass is 15.2. The van der Waals surface area contributed by atoms with Crippen molar-refractivity contribution in [3.05, 3.63) is 0 Å². The molecule has 1 N–H and O–H groups in total. The summed E-state index contributed by atoms with van der Waals surface area (Å²) in [7, 11) is 0. The van der Waals surface area contributed by atoms with E-state index in [1.54, 1.807) is 0 Å². The van der Waals surface area contributed by atoms with Crippen LogP contribution in [0.5, 0.6) is 0 Å². The van der Waals surface area contributed by atoms with Crippen LogP contribution >= 0.6 is 0 Å². The third-order valence-corrected chi connectivity index (χ3v) is 2.92. The summed E-state index contributed by atoms with van der Waals surface area (Å²) in [6, 6.07) is 0.764. The predicted molar refractivity (Wildman–Crippen MR) is 58.0 cm³/mol. The van der Waals surface area contributed by atoms with Gasteiger partial charge in [0.1, 0.15) is 0 Å². The molecule has 0 aromatic carbocycles. The van der Waals surface area contributed by atoms with Crippen LogP contribution in [0.15, 0.2) is 0 Å². The quantitative estimate of drug-likeness (QED) is 0.656. The van der Waals surface area contributed by atoms with Crippen molar-refractivity contribution >= 4 is 0 Å². The van der Waals surface area contributed by atoms with E-state index in [2.05, 4.69) is 24.1 Å². The van der Waals surface area contributed by atoms with Crippen molar-refractivity contribution in [1.29, 1.82) is 0 Å². The first-order valence-corrected chi connectivity index (χ1v) is 5.82. The van der Waals surface area contributed by atoms with Crippen LogP contribution in [0.3, 0.4) is 0 Å². The lowest BCUT2D eigenvalue weighted by Crippen LogP contribution is -2.45. The van der Waals surface area contributed by atoms with Crippen LogP contribution in [0, 0.1) is 0 Å². The lowest BCUT2D eigenvalue weighted by molar-refractivity contribution is 0.199. The van der Waals surface area contributed by atoms with E-state index in [4.69, 9.17) is 0 Å². The van der Waals surface area contributed by atoms with Gasteiger partial charge in [-0.3, -0.25) is 0 Å². The maximum absolute atomic E-state index is 3.65. The van der Waals surface area contributed by atoms with Crippen LogP contribution in [0.1, 0.15) is 39.5 Å². The molecule has 0 aromatic heterocycles. The molecule has 1 heterocycles. The second-order valence-corrected chi connectivity index (χ2v) is 4.04. The molecule has 1 rings (SSSR count). The van der Waals surface area contributed by atoms with Gasteiger partial charge in [0.15, 0.2) is 0 Å². The maximum Gasteiger partial charge on any atom is 0.0195 e. The molecule has 1 aliphatic heterocycles. The van der Waals surface area contributed by atoms with Gasteiger partial charge in [0.2, 0.25) is 0 Å². The third kappa shape index (κ3) is 4.10. The number of unbranched alkanes of at least 4 members (excludes halogenated alkanes) is 1. The van der Waals surface area contributed by atoms with E-state index in [1.807, 2.05) is 0 Å². The van der Waals surface area contributed by atoms with Gasteiger partial charge in [-0.05, 0) is 38.9 Å². The van der Waals surface area contributed by atoms with Crippen molar-refractivity contribution in [2.24, 2.45) is 0 Å². The number of hydrogen-bond acceptors (Lipinski definition) is 2. The van der Waals surface area contributed by atoms with Crippen LogP contribution < -0.4 is 5.32 Å². The molecule has 0 saturated carbocycles. The first kappa shape index (κ1) is 11.0. The average Bonchev–Trinajstić information content (AvgIpc) is 2.19. The Labute approximate surface area is 82.7 Å². The standard InChI is InChI=1S/C11H24N2/c1-3-5-8-12-11-7-6-9-13(4-2)10-11/h11-12H,3-10H2,1-2H3. The summed E-state index contributed by atoms with van der Waals surface area (Å²) in [5.74, 6) is 0. The second-order valence-electron chi connectivity index (χ2n) is 4.04. The first-order valence-electron chi connectivity index (χ1n) is 5.82. The molecule has 2 nitrogen and oxygen atoms in total. The molecule has 78 valence electrons. The Morgan fingerprint density at radius 3 is 2.92 bits per heavy atom. The number of hydrogen-bond donors (Lipinski definition) is 1. The molecule has 0 radical (unpaired) electrons. The fourth-order valence-electron chi connectivity index (χ4n) is 1.99. The van der Waals surface area contributed by atoms with E-state index in [9.17, 15) is 0 Å². The van der Waals surface area contributed by atoms with Gasteiger partial charge < -0.3 is 10.2 Å². The van der Waals surface area contributed by atoms with Crippen LogP contribution in [-0.4, -0.2) is 37.1 Å². The zero-order chi connectivity index (χ0) is 9.52. The number of nitrogens with zero attached hydrogens (tertiary/aromatic N) is 1. The Kier molecular flexibility index (Phi) is 5.40. The molecule has 0 amide bonds. The number of likely N-dealkylation sites (N-methyl/N-ethyl adjacent to an activating group) is 1. The van der Waals surface area contributed by atoms with Crippen LogP contribution in [0.2, 0.25) is 0 Å². The molecule has 0 spiro atoms. The van der Waals surface area contributed by atoms with E-state index in [0.717, 1.165) is 6.04 Å². The highest BCUT2D eigenvalue weighted by molar-refractivity contribution is 4.77. The first-order chi connectivity index (χ1) is 6.36. The minimum atomic E-state index is 0.764. The highest BCUT2D eigenvalue weighted by Crippen LogP contribution is 2.09. The van der Waals surface area contributed by atoms with Gasteiger partial charge >= 0.3 is 0 Å². The number of nitrogens with one attached hydrogen (secondary N) is 1. The molecule has 0 aliphatic carbocycles. The monoisotopic (exact) mass is 184 g/mol. The van der Waals surface area contributed by atoms with Gasteiger partial charge in [0.25, 0.3) is 0 Å². The Bertz CT molecular complexity index is 125. The molecular formula is C11H24N2. The molecule has 0 aromatic rings. The van der Waals surface area contributed by atoms with E-state index in [1.165, 1.54) is 51.9 Å². The Balaban J connectivity index is 2.11. The Hall–Kier alpha value is -0.0800. The van der Waals surface area contributed by atoms with Crippen molar-refractivity contribution in [3.8, 4) is 0 Å². The normalized spacial score (nSPS) is 24.9. The van der Waals surface area contributed by atoms with Crippen molar-refractivity contribution in [2.45, 2.75) is 45.6 Å². The van der Waals surface area contributed by atoms with Gasteiger partial charge in [-0.15, -0.1) is 0 Å². The average molecular weight is 184 g/mol. The van der Waals surface area contributed by atoms with E-state index in [-0.39, 0.29) is 0 Å². The highest BCUT2D eigenvalue weighted by Gasteiger charge is 2.17. The zero-order valence-electron chi connectivity index (χ0n) is 9.18.